The van der Waals surface area contributed by atoms with Gasteiger partial charge in [-0.3, -0.25) is 15.1 Å². The van der Waals surface area contributed by atoms with Gasteiger partial charge in [0.05, 0.1) is 22.5 Å². The number of phenols is 1. The first kappa shape index (κ1) is 26.5. The van der Waals surface area contributed by atoms with Crippen LogP contribution in [0.4, 0.5) is 30.2 Å². The van der Waals surface area contributed by atoms with Crippen LogP contribution in [0.1, 0.15) is 32.6 Å². The van der Waals surface area contributed by atoms with E-state index in [0.717, 1.165) is 22.6 Å². The van der Waals surface area contributed by atoms with Crippen molar-refractivity contribution in [2.24, 2.45) is 5.10 Å². The SMILES string of the molecule is Cc1cc(C)c2c(c1)N(c1cccc(C(F)(F)F)c1)C(=O)C2=NNc1c(C(=O)O)cccc1-c1ccccc1O. The average molecular weight is 546 g/mol. The highest BCUT2D eigenvalue weighted by Gasteiger charge is 2.38. The van der Waals surface area contributed by atoms with Crippen molar-refractivity contribution in [2.45, 2.75) is 20.0 Å². The average Bonchev–Trinajstić information content (AvgIpc) is 3.18. The molecule has 0 saturated carbocycles. The fourth-order valence-corrected chi connectivity index (χ4v) is 4.82. The van der Waals surface area contributed by atoms with Gasteiger partial charge in [-0.15, -0.1) is 0 Å². The number of carboxylic acid groups (broad SMARTS) is 1. The van der Waals surface area contributed by atoms with Gasteiger partial charge in [-0.25, -0.2) is 4.79 Å². The number of hydrogen-bond donors (Lipinski definition) is 3. The summed E-state index contributed by atoms with van der Waals surface area (Å²) in [6.45, 7) is 3.56. The fourth-order valence-electron chi connectivity index (χ4n) is 4.82. The number of aromatic carboxylic acids is 1. The molecule has 0 fully saturated rings. The summed E-state index contributed by atoms with van der Waals surface area (Å²) in [6.07, 6.45) is -4.61. The third kappa shape index (κ3) is 4.64. The van der Waals surface area contributed by atoms with Gasteiger partial charge in [0.25, 0.3) is 5.91 Å². The second-order valence-corrected chi connectivity index (χ2v) is 9.29. The number of fused-ring (bicyclic) bond motifs is 1. The summed E-state index contributed by atoms with van der Waals surface area (Å²) in [5, 5.41) is 24.6. The van der Waals surface area contributed by atoms with Crippen LogP contribution in [-0.2, 0) is 11.0 Å². The molecule has 1 heterocycles. The summed E-state index contributed by atoms with van der Waals surface area (Å²) >= 11 is 0. The Labute approximate surface area is 226 Å². The minimum Gasteiger partial charge on any atom is -0.507 e. The first-order valence-electron chi connectivity index (χ1n) is 12.1. The Morgan fingerprint density at radius 3 is 2.33 bits per heavy atom. The molecule has 0 bridgehead atoms. The van der Waals surface area contributed by atoms with Crippen molar-refractivity contribution in [2.75, 3.05) is 10.3 Å². The smallest absolute Gasteiger partial charge is 0.416 e. The number of carbonyl (C=O) groups is 2. The summed E-state index contributed by atoms with van der Waals surface area (Å²) in [7, 11) is 0. The number of carbonyl (C=O) groups excluding carboxylic acids is 1. The normalized spacial score (nSPS) is 14.0. The van der Waals surface area contributed by atoms with E-state index in [9.17, 15) is 33.0 Å². The Kier molecular flexibility index (Phi) is 6.54. The molecule has 1 amide bonds. The molecular weight excluding hydrogens is 523 g/mol. The van der Waals surface area contributed by atoms with Gasteiger partial charge in [-0.05, 0) is 61.4 Å². The number of nitrogens with one attached hydrogen (secondary N) is 1. The number of anilines is 3. The van der Waals surface area contributed by atoms with E-state index in [-0.39, 0.29) is 28.4 Å². The molecule has 1 aliphatic heterocycles. The Bertz CT molecular complexity index is 1710. The van der Waals surface area contributed by atoms with Crippen LogP contribution in [0.5, 0.6) is 5.75 Å². The van der Waals surface area contributed by atoms with E-state index < -0.39 is 23.6 Å². The highest BCUT2D eigenvalue weighted by molar-refractivity contribution is 6.56. The predicted molar refractivity (Wildman–Crippen MR) is 145 cm³/mol. The second kappa shape index (κ2) is 9.88. The lowest BCUT2D eigenvalue weighted by molar-refractivity contribution is -0.137. The van der Waals surface area contributed by atoms with Crippen LogP contribution in [0.15, 0.2) is 84.0 Å². The van der Waals surface area contributed by atoms with Crippen LogP contribution < -0.4 is 10.3 Å². The molecule has 202 valence electrons. The van der Waals surface area contributed by atoms with Crippen LogP contribution in [0.2, 0.25) is 0 Å². The summed E-state index contributed by atoms with van der Waals surface area (Å²) < 4.78 is 40.4. The van der Waals surface area contributed by atoms with Crippen LogP contribution in [0.3, 0.4) is 0 Å². The zero-order chi connectivity index (χ0) is 28.8. The number of hydrogen-bond acceptors (Lipinski definition) is 5. The van der Waals surface area contributed by atoms with Crippen molar-refractivity contribution >= 4 is 34.7 Å². The molecule has 4 aromatic rings. The monoisotopic (exact) mass is 545 g/mol. The molecule has 0 aromatic heterocycles. The van der Waals surface area contributed by atoms with E-state index in [0.29, 0.717) is 27.9 Å². The Balaban J connectivity index is 1.66. The van der Waals surface area contributed by atoms with Crippen molar-refractivity contribution in [1.82, 2.24) is 0 Å². The van der Waals surface area contributed by atoms with Gasteiger partial charge < -0.3 is 10.2 Å². The van der Waals surface area contributed by atoms with Crippen LogP contribution in [-0.4, -0.2) is 27.8 Å². The lowest BCUT2D eigenvalue weighted by atomic mass is 9.99. The van der Waals surface area contributed by atoms with Gasteiger partial charge in [0.2, 0.25) is 0 Å². The lowest BCUT2D eigenvalue weighted by Gasteiger charge is -2.19. The molecule has 1 aliphatic rings. The van der Waals surface area contributed by atoms with Gasteiger partial charge in [0.15, 0.2) is 5.71 Å². The number of carboxylic acids is 1. The Morgan fingerprint density at radius 1 is 0.925 bits per heavy atom. The summed E-state index contributed by atoms with van der Waals surface area (Å²) in [4.78, 5) is 27.0. The third-order valence-electron chi connectivity index (χ3n) is 6.54. The highest BCUT2D eigenvalue weighted by Crippen LogP contribution is 2.41. The second-order valence-electron chi connectivity index (χ2n) is 9.29. The molecule has 0 atom stereocenters. The van der Waals surface area contributed by atoms with Gasteiger partial charge in [-0.1, -0.05) is 42.5 Å². The maximum atomic E-state index is 13.8. The molecule has 0 unspecified atom stereocenters. The van der Waals surface area contributed by atoms with Crippen molar-refractivity contribution in [3.8, 4) is 16.9 Å². The maximum Gasteiger partial charge on any atom is 0.416 e. The zero-order valence-corrected chi connectivity index (χ0v) is 21.2. The molecule has 7 nitrogen and oxygen atoms in total. The molecule has 0 spiro atoms. The standard InChI is InChI=1S/C30H22F3N3O4/c1-16-13-17(2)25-23(14-16)36(19-8-5-7-18(15-19)30(31,32)33)28(38)27(25)35-34-26-21(10-6-11-22(26)29(39)40)20-9-3-4-12-24(20)37/h3-15,34,37H,1-2H3,(H,39,40). The zero-order valence-electron chi connectivity index (χ0n) is 21.2. The number of rotatable bonds is 5. The number of aryl methyl sites for hydroxylation is 2. The molecule has 0 radical (unpaired) electrons. The van der Waals surface area contributed by atoms with Crippen LogP contribution >= 0.6 is 0 Å². The number of para-hydroxylation sites is 2. The Morgan fingerprint density at radius 2 is 1.62 bits per heavy atom. The number of nitrogens with zero attached hydrogens (tertiary/aromatic N) is 2. The number of hydrazone groups is 1. The van der Waals surface area contributed by atoms with Crippen LogP contribution in [0, 0.1) is 13.8 Å². The minimum absolute atomic E-state index is 0.0112. The fraction of sp³-hybridized carbons (Fsp3) is 0.100. The number of alkyl halides is 3. The first-order valence-corrected chi connectivity index (χ1v) is 12.1. The van der Waals surface area contributed by atoms with Crippen molar-refractivity contribution in [1.29, 1.82) is 0 Å². The molecule has 5 rings (SSSR count). The largest absolute Gasteiger partial charge is 0.507 e. The Hall–Kier alpha value is -5.12. The molecule has 40 heavy (non-hydrogen) atoms. The molecule has 4 aromatic carbocycles. The van der Waals surface area contributed by atoms with E-state index in [4.69, 9.17) is 0 Å². The molecule has 0 saturated heterocycles. The molecular formula is C30H22F3N3O4. The van der Waals surface area contributed by atoms with Crippen LogP contribution in [0.25, 0.3) is 11.1 Å². The molecule has 10 heteroatoms. The maximum absolute atomic E-state index is 13.8. The quantitative estimate of drug-likeness (QED) is 0.237. The summed E-state index contributed by atoms with van der Waals surface area (Å²) in [6, 6.07) is 18.8. The van der Waals surface area contributed by atoms with Gasteiger partial charge in [0, 0.05) is 22.4 Å². The number of benzene rings is 4. The van der Waals surface area contributed by atoms with Crippen molar-refractivity contribution < 1.29 is 33.0 Å². The predicted octanol–water partition coefficient (Wildman–Crippen LogP) is 6.89. The number of aromatic hydroxyl groups is 1. The lowest BCUT2D eigenvalue weighted by Crippen LogP contribution is -2.26. The molecule has 3 N–H and O–H groups in total. The van der Waals surface area contributed by atoms with E-state index >= 15 is 0 Å². The van der Waals surface area contributed by atoms with Gasteiger partial charge in [-0.2, -0.15) is 18.3 Å². The van der Waals surface area contributed by atoms with Gasteiger partial charge in [0.1, 0.15) is 5.75 Å². The number of phenolic OH excluding ortho intramolecular Hbond substituents is 1. The van der Waals surface area contributed by atoms with E-state index in [1.165, 1.54) is 30.3 Å². The highest BCUT2D eigenvalue weighted by atomic mass is 19.4. The minimum atomic E-state index is -4.61. The number of amides is 1. The van der Waals surface area contributed by atoms with Crippen molar-refractivity contribution in [3.05, 3.63) is 107 Å². The van der Waals surface area contributed by atoms with E-state index in [1.54, 1.807) is 44.2 Å². The van der Waals surface area contributed by atoms with Crippen molar-refractivity contribution in [3.63, 3.8) is 0 Å². The molecule has 0 aliphatic carbocycles. The third-order valence-corrected chi connectivity index (χ3v) is 6.54. The summed E-state index contributed by atoms with van der Waals surface area (Å²) in [5.41, 5.74) is 4.45. The first-order chi connectivity index (χ1) is 19.0. The summed E-state index contributed by atoms with van der Waals surface area (Å²) in [5.74, 6) is -2.05. The van der Waals surface area contributed by atoms with E-state index in [1.807, 2.05) is 6.07 Å². The van der Waals surface area contributed by atoms with Gasteiger partial charge >= 0.3 is 12.1 Å². The topological polar surface area (TPSA) is 102 Å². The van der Waals surface area contributed by atoms with E-state index in [2.05, 4.69) is 10.5 Å². The number of halogens is 3.